The molecule has 0 spiro atoms. The van der Waals surface area contributed by atoms with Crippen LogP contribution in [0, 0.1) is 0 Å². The summed E-state index contributed by atoms with van der Waals surface area (Å²) in [6.45, 7) is 2.13. The Bertz CT molecular complexity index is 188. The van der Waals surface area contributed by atoms with Gasteiger partial charge in [0.1, 0.15) is 5.28 Å². The minimum Gasteiger partial charge on any atom is -0.359 e. The van der Waals surface area contributed by atoms with Crippen LogP contribution in [-0.2, 0) is 9.63 Å². The van der Waals surface area contributed by atoms with Crippen LogP contribution in [0.15, 0.2) is 5.28 Å². The number of carbonyl (C=O) groups excluding carboxylic acids is 1. The molecule has 0 bridgehead atoms. The van der Waals surface area contributed by atoms with Crippen LogP contribution in [0.5, 0.6) is 0 Å². The molecule has 0 aliphatic heterocycles. The summed E-state index contributed by atoms with van der Waals surface area (Å²) in [5, 5.41) is 2.72. The van der Waals surface area contributed by atoms with E-state index in [4.69, 9.17) is 5.53 Å². The molecule has 5 nitrogen and oxygen atoms in total. The van der Waals surface area contributed by atoms with Gasteiger partial charge in [-0.15, -0.1) is 0 Å². The molecular weight excluding hydrogens is 170 g/mol. The van der Waals surface area contributed by atoms with E-state index in [9.17, 15) is 4.79 Å². The lowest BCUT2D eigenvalue weighted by Crippen LogP contribution is -1.98. The monoisotopic (exact) mass is 185 g/mol. The average molecular weight is 185 g/mol. The maximum atomic E-state index is 10.7. The number of nitrogens with zero attached hydrogens (tertiary/aromatic N) is 3. The Morgan fingerprint density at radius 1 is 1.38 bits per heavy atom. The van der Waals surface area contributed by atoms with Crippen LogP contribution in [0.1, 0.15) is 45.4 Å². The Balaban J connectivity index is 3.21. The highest BCUT2D eigenvalue weighted by atomic mass is 16.7. The molecule has 0 fully saturated rings. The van der Waals surface area contributed by atoms with Crippen LogP contribution in [0.25, 0.3) is 10.4 Å². The average Bonchev–Trinajstić information content (AvgIpc) is 2.14. The SMILES string of the molecule is CCCCCCCC(=O)ON=[N+]=[N-]. The molecule has 13 heavy (non-hydrogen) atoms. The Morgan fingerprint density at radius 3 is 2.69 bits per heavy atom. The summed E-state index contributed by atoms with van der Waals surface area (Å²) < 4.78 is 0. The third kappa shape index (κ3) is 8.69. The fourth-order valence-electron chi connectivity index (χ4n) is 0.982. The number of azide groups is 1. The molecule has 0 amide bonds. The van der Waals surface area contributed by atoms with E-state index >= 15 is 0 Å². The lowest BCUT2D eigenvalue weighted by atomic mass is 10.1. The highest BCUT2D eigenvalue weighted by Gasteiger charge is 2.00. The molecule has 0 aromatic carbocycles. The van der Waals surface area contributed by atoms with Gasteiger partial charge in [0, 0.05) is 11.3 Å². The fourth-order valence-corrected chi connectivity index (χ4v) is 0.982. The van der Waals surface area contributed by atoms with Gasteiger partial charge in [0.05, 0.1) is 0 Å². The van der Waals surface area contributed by atoms with Gasteiger partial charge in [-0.3, -0.25) is 4.79 Å². The predicted molar refractivity (Wildman–Crippen MR) is 48.6 cm³/mol. The predicted octanol–water partition coefficient (Wildman–Crippen LogP) is 3.12. The first-order valence-corrected chi connectivity index (χ1v) is 4.55. The zero-order valence-corrected chi connectivity index (χ0v) is 7.90. The summed E-state index contributed by atoms with van der Waals surface area (Å²) in [7, 11) is 0. The van der Waals surface area contributed by atoms with Gasteiger partial charge in [-0.1, -0.05) is 32.6 Å². The maximum absolute atomic E-state index is 10.7. The second-order valence-electron chi connectivity index (χ2n) is 2.80. The third-order valence-corrected chi connectivity index (χ3v) is 1.66. The van der Waals surface area contributed by atoms with Gasteiger partial charge >= 0.3 is 5.97 Å². The van der Waals surface area contributed by atoms with Crippen molar-refractivity contribution in [1.29, 1.82) is 0 Å². The van der Waals surface area contributed by atoms with E-state index in [2.05, 4.69) is 22.0 Å². The first-order valence-electron chi connectivity index (χ1n) is 4.55. The Hall–Kier alpha value is -1.22. The van der Waals surface area contributed by atoms with E-state index in [0.29, 0.717) is 6.42 Å². The molecule has 0 aromatic heterocycles. The van der Waals surface area contributed by atoms with Gasteiger partial charge < -0.3 is 4.84 Å². The normalized spacial score (nSPS) is 9.00. The summed E-state index contributed by atoms with van der Waals surface area (Å²) in [5.74, 6) is -0.450. The number of rotatable bonds is 7. The summed E-state index contributed by atoms with van der Waals surface area (Å²) in [6, 6.07) is 0. The maximum Gasteiger partial charge on any atom is 0.317 e. The molecule has 0 saturated carbocycles. The van der Waals surface area contributed by atoms with Crippen LogP contribution >= 0.6 is 0 Å². The molecule has 0 radical (unpaired) electrons. The van der Waals surface area contributed by atoms with E-state index in [0.717, 1.165) is 19.3 Å². The van der Waals surface area contributed by atoms with Crippen molar-refractivity contribution in [1.82, 2.24) is 0 Å². The van der Waals surface area contributed by atoms with Crippen molar-refractivity contribution in [3.63, 3.8) is 0 Å². The molecule has 0 aliphatic carbocycles. The van der Waals surface area contributed by atoms with E-state index < -0.39 is 5.97 Å². The number of unbranched alkanes of at least 4 members (excludes halogenated alkanes) is 4. The highest BCUT2D eigenvalue weighted by molar-refractivity contribution is 5.68. The second-order valence-corrected chi connectivity index (χ2v) is 2.80. The van der Waals surface area contributed by atoms with Crippen molar-refractivity contribution in [2.45, 2.75) is 45.4 Å². The van der Waals surface area contributed by atoms with Gasteiger partial charge in [0.25, 0.3) is 0 Å². The van der Waals surface area contributed by atoms with Crippen LogP contribution < -0.4 is 0 Å². The summed E-state index contributed by atoms with van der Waals surface area (Å²) in [6.07, 6.45) is 5.70. The summed E-state index contributed by atoms with van der Waals surface area (Å²) >= 11 is 0. The highest BCUT2D eigenvalue weighted by Crippen LogP contribution is 2.05. The Labute approximate surface area is 77.7 Å². The minimum atomic E-state index is -0.450. The van der Waals surface area contributed by atoms with Crippen molar-refractivity contribution in [3.05, 3.63) is 10.4 Å². The summed E-state index contributed by atoms with van der Waals surface area (Å²) in [4.78, 5) is 17.2. The third-order valence-electron chi connectivity index (χ3n) is 1.66. The molecule has 0 aromatic rings. The zero-order chi connectivity index (χ0) is 9.94. The molecule has 0 rings (SSSR count). The zero-order valence-electron chi connectivity index (χ0n) is 7.90. The van der Waals surface area contributed by atoms with Crippen LogP contribution in [0.2, 0.25) is 0 Å². The van der Waals surface area contributed by atoms with Crippen molar-refractivity contribution in [2.75, 3.05) is 0 Å². The minimum absolute atomic E-state index is 0.336. The topological polar surface area (TPSA) is 75.1 Å². The molecule has 0 aliphatic rings. The molecule has 0 heterocycles. The quantitative estimate of drug-likeness (QED) is 0.201. The van der Waals surface area contributed by atoms with Crippen molar-refractivity contribution >= 4 is 5.97 Å². The molecule has 0 saturated heterocycles. The molecule has 74 valence electrons. The molecular formula is C8H15N3O2. The molecule has 0 atom stereocenters. The van der Waals surface area contributed by atoms with E-state index in [-0.39, 0.29) is 0 Å². The first kappa shape index (κ1) is 11.8. The molecule has 0 unspecified atom stereocenters. The van der Waals surface area contributed by atoms with E-state index in [1.165, 1.54) is 12.8 Å². The van der Waals surface area contributed by atoms with Gasteiger partial charge in [-0.25, -0.2) is 0 Å². The van der Waals surface area contributed by atoms with Crippen molar-refractivity contribution < 1.29 is 9.63 Å². The van der Waals surface area contributed by atoms with Gasteiger partial charge in [0.15, 0.2) is 0 Å². The summed E-state index contributed by atoms with van der Waals surface area (Å²) in [5.41, 5.74) is 7.84. The fraction of sp³-hybridized carbons (Fsp3) is 0.875. The van der Waals surface area contributed by atoms with Crippen molar-refractivity contribution in [3.8, 4) is 0 Å². The molecule has 5 heteroatoms. The lowest BCUT2D eigenvalue weighted by Gasteiger charge is -1.97. The Morgan fingerprint density at radius 2 is 2.08 bits per heavy atom. The number of carbonyl (C=O) groups is 1. The first-order chi connectivity index (χ1) is 6.31. The van der Waals surface area contributed by atoms with E-state index in [1.807, 2.05) is 0 Å². The number of hydrogen-bond donors (Lipinski definition) is 0. The van der Waals surface area contributed by atoms with Crippen LogP contribution in [0.3, 0.4) is 0 Å². The van der Waals surface area contributed by atoms with Crippen molar-refractivity contribution in [2.24, 2.45) is 5.28 Å². The van der Waals surface area contributed by atoms with Crippen LogP contribution in [0.4, 0.5) is 0 Å². The van der Waals surface area contributed by atoms with Gasteiger partial charge in [-0.2, -0.15) is 0 Å². The largest absolute Gasteiger partial charge is 0.359 e. The lowest BCUT2D eigenvalue weighted by molar-refractivity contribution is -0.144. The molecule has 0 N–H and O–H groups in total. The smallest absolute Gasteiger partial charge is 0.317 e. The number of hydrogen-bond acceptors (Lipinski definition) is 3. The van der Waals surface area contributed by atoms with Gasteiger partial charge in [-0.05, 0) is 12.0 Å². The van der Waals surface area contributed by atoms with Crippen LogP contribution in [-0.4, -0.2) is 5.97 Å². The standard InChI is InChI=1S/C8H15N3O2/c1-2-3-4-5-6-7-8(12)13-11-10-9/h2-7H2,1H3. The second kappa shape index (κ2) is 8.87. The van der Waals surface area contributed by atoms with E-state index in [1.54, 1.807) is 0 Å². The Kier molecular flexibility index (Phi) is 8.04. The van der Waals surface area contributed by atoms with Gasteiger partial charge in [0.2, 0.25) is 0 Å².